The van der Waals surface area contributed by atoms with Crippen molar-refractivity contribution >= 4 is 0 Å². The molecule has 0 fully saturated rings. The number of hydrogen-bond acceptors (Lipinski definition) is 3. The van der Waals surface area contributed by atoms with Crippen LogP contribution in [0, 0.1) is 11.3 Å². The highest BCUT2D eigenvalue weighted by molar-refractivity contribution is 5.26. The SMILES string of the molecule is CCC(CC#N)NCc1cccc(O)c1. The molecule has 0 saturated carbocycles. The summed E-state index contributed by atoms with van der Waals surface area (Å²) in [5.41, 5.74) is 1.03. The van der Waals surface area contributed by atoms with E-state index >= 15 is 0 Å². The van der Waals surface area contributed by atoms with Gasteiger partial charge >= 0.3 is 0 Å². The van der Waals surface area contributed by atoms with Gasteiger partial charge in [-0.2, -0.15) is 5.26 Å². The molecule has 0 aliphatic rings. The van der Waals surface area contributed by atoms with Crippen LogP contribution in [0.2, 0.25) is 0 Å². The zero-order valence-corrected chi connectivity index (χ0v) is 8.90. The molecule has 0 radical (unpaired) electrons. The van der Waals surface area contributed by atoms with Gasteiger partial charge in [-0.15, -0.1) is 0 Å². The molecule has 1 aromatic rings. The third-order valence-corrected chi connectivity index (χ3v) is 2.34. The number of nitrogens with zero attached hydrogens (tertiary/aromatic N) is 1. The molecule has 0 aliphatic carbocycles. The van der Waals surface area contributed by atoms with Crippen LogP contribution in [0.25, 0.3) is 0 Å². The summed E-state index contributed by atoms with van der Waals surface area (Å²) in [4.78, 5) is 0. The van der Waals surface area contributed by atoms with Crippen molar-refractivity contribution in [2.75, 3.05) is 0 Å². The van der Waals surface area contributed by atoms with Crippen molar-refractivity contribution in [3.05, 3.63) is 29.8 Å². The van der Waals surface area contributed by atoms with Crippen molar-refractivity contribution in [2.24, 2.45) is 0 Å². The lowest BCUT2D eigenvalue weighted by Gasteiger charge is -2.13. The van der Waals surface area contributed by atoms with Crippen molar-refractivity contribution in [3.8, 4) is 11.8 Å². The third-order valence-electron chi connectivity index (χ3n) is 2.34. The molecule has 3 heteroatoms. The van der Waals surface area contributed by atoms with Gasteiger partial charge in [-0.1, -0.05) is 19.1 Å². The Morgan fingerprint density at radius 2 is 2.33 bits per heavy atom. The van der Waals surface area contributed by atoms with Crippen LogP contribution in [0.1, 0.15) is 25.3 Å². The first kappa shape index (κ1) is 11.5. The van der Waals surface area contributed by atoms with Crippen LogP contribution in [0.5, 0.6) is 5.75 Å². The maximum Gasteiger partial charge on any atom is 0.115 e. The van der Waals surface area contributed by atoms with Crippen LogP contribution in [-0.2, 0) is 6.54 Å². The Morgan fingerprint density at radius 1 is 1.53 bits per heavy atom. The number of aromatic hydroxyl groups is 1. The van der Waals surface area contributed by atoms with Crippen LogP contribution in [-0.4, -0.2) is 11.1 Å². The second-order valence-corrected chi connectivity index (χ2v) is 3.52. The van der Waals surface area contributed by atoms with E-state index in [-0.39, 0.29) is 11.8 Å². The van der Waals surface area contributed by atoms with E-state index in [4.69, 9.17) is 5.26 Å². The lowest BCUT2D eigenvalue weighted by Crippen LogP contribution is -2.27. The first-order valence-corrected chi connectivity index (χ1v) is 5.14. The first-order chi connectivity index (χ1) is 7.26. The number of nitrogens with one attached hydrogen (secondary N) is 1. The summed E-state index contributed by atoms with van der Waals surface area (Å²) in [5, 5.41) is 21.1. The van der Waals surface area contributed by atoms with Gasteiger partial charge in [0.15, 0.2) is 0 Å². The maximum absolute atomic E-state index is 9.26. The second-order valence-electron chi connectivity index (χ2n) is 3.52. The van der Waals surface area contributed by atoms with Crippen molar-refractivity contribution in [3.63, 3.8) is 0 Å². The maximum atomic E-state index is 9.26. The van der Waals surface area contributed by atoms with E-state index in [2.05, 4.69) is 18.3 Å². The van der Waals surface area contributed by atoms with E-state index in [9.17, 15) is 5.11 Å². The van der Waals surface area contributed by atoms with Crippen LogP contribution >= 0.6 is 0 Å². The van der Waals surface area contributed by atoms with Gasteiger partial charge in [0.2, 0.25) is 0 Å². The lowest BCUT2D eigenvalue weighted by atomic mass is 10.1. The predicted octanol–water partition coefficient (Wildman–Crippen LogP) is 2.17. The molecule has 1 atom stereocenters. The largest absolute Gasteiger partial charge is 0.508 e. The molecule has 1 rings (SSSR count). The number of phenolic OH excluding ortho intramolecular Hbond substituents is 1. The molecule has 0 aromatic heterocycles. The molecule has 0 aliphatic heterocycles. The lowest BCUT2D eigenvalue weighted by molar-refractivity contribution is 0.471. The average Bonchev–Trinajstić information content (AvgIpc) is 2.24. The summed E-state index contributed by atoms with van der Waals surface area (Å²) in [5.74, 6) is 0.280. The summed E-state index contributed by atoms with van der Waals surface area (Å²) in [6.45, 7) is 2.74. The van der Waals surface area contributed by atoms with Crippen LogP contribution in [0.4, 0.5) is 0 Å². The molecule has 1 aromatic carbocycles. The number of rotatable bonds is 5. The molecule has 15 heavy (non-hydrogen) atoms. The van der Waals surface area contributed by atoms with Gasteiger partial charge in [0.25, 0.3) is 0 Å². The topological polar surface area (TPSA) is 56.0 Å². The third kappa shape index (κ3) is 4.01. The van der Waals surface area contributed by atoms with E-state index < -0.39 is 0 Å². The number of nitriles is 1. The summed E-state index contributed by atoms with van der Waals surface area (Å²) >= 11 is 0. The predicted molar refractivity (Wildman–Crippen MR) is 59.3 cm³/mol. The molecular formula is C12H16N2O. The van der Waals surface area contributed by atoms with Crippen LogP contribution < -0.4 is 5.32 Å². The molecular weight excluding hydrogens is 188 g/mol. The van der Waals surface area contributed by atoms with Crippen molar-refractivity contribution in [1.82, 2.24) is 5.32 Å². The average molecular weight is 204 g/mol. The molecule has 0 saturated heterocycles. The van der Waals surface area contributed by atoms with Crippen LogP contribution in [0.15, 0.2) is 24.3 Å². The van der Waals surface area contributed by atoms with Crippen LogP contribution in [0.3, 0.4) is 0 Å². The van der Waals surface area contributed by atoms with Gasteiger partial charge < -0.3 is 10.4 Å². The fraction of sp³-hybridized carbons (Fsp3) is 0.417. The number of benzene rings is 1. The molecule has 80 valence electrons. The number of hydrogen-bond donors (Lipinski definition) is 2. The van der Waals surface area contributed by atoms with Gasteiger partial charge in [-0.3, -0.25) is 0 Å². The highest BCUT2D eigenvalue weighted by atomic mass is 16.3. The minimum Gasteiger partial charge on any atom is -0.508 e. The van der Waals surface area contributed by atoms with E-state index in [1.54, 1.807) is 12.1 Å². The van der Waals surface area contributed by atoms with E-state index in [1.165, 1.54) is 0 Å². The fourth-order valence-corrected chi connectivity index (χ4v) is 1.40. The quantitative estimate of drug-likeness (QED) is 0.772. The number of phenols is 1. The first-order valence-electron chi connectivity index (χ1n) is 5.14. The van der Waals surface area contributed by atoms with E-state index in [1.807, 2.05) is 12.1 Å². The fourth-order valence-electron chi connectivity index (χ4n) is 1.40. The standard InChI is InChI=1S/C12H16N2O/c1-2-11(6-7-13)14-9-10-4-3-5-12(15)8-10/h3-5,8,11,14-15H,2,6,9H2,1H3. The summed E-state index contributed by atoms with van der Waals surface area (Å²) < 4.78 is 0. The minimum atomic E-state index is 0.234. The Kier molecular flexibility index (Phi) is 4.65. The smallest absolute Gasteiger partial charge is 0.115 e. The summed E-state index contributed by atoms with van der Waals surface area (Å²) in [6, 6.07) is 9.53. The molecule has 2 N–H and O–H groups in total. The molecule has 0 amide bonds. The summed E-state index contributed by atoms with van der Waals surface area (Å²) in [6.07, 6.45) is 1.46. The van der Waals surface area contributed by atoms with Crippen molar-refractivity contribution < 1.29 is 5.11 Å². The normalized spacial score (nSPS) is 12.0. The molecule has 3 nitrogen and oxygen atoms in total. The highest BCUT2D eigenvalue weighted by Crippen LogP contribution is 2.11. The van der Waals surface area contributed by atoms with E-state index in [0.717, 1.165) is 12.0 Å². The van der Waals surface area contributed by atoms with E-state index in [0.29, 0.717) is 13.0 Å². The van der Waals surface area contributed by atoms with Gasteiger partial charge in [-0.25, -0.2) is 0 Å². The molecule has 0 heterocycles. The Morgan fingerprint density at radius 3 is 2.93 bits per heavy atom. The van der Waals surface area contributed by atoms with Crippen molar-refractivity contribution in [2.45, 2.75) is 32.4 Å². The Labute approximate surface area is 90.4 Å². The zero-order chi connectivity index (χ0) is 11.1. The van der Waals surface area contributed by atoms with Crippen molar-refractivity contribution in [1.29, 1.82) is 5.26 Å². The molecule has 0 spiro atoms. The Bertz CT molecular complexity index is 344. The van der Waals surface area contributed by atoms with Gasteiger partial charge in [-0.05, 0) is 24.1 Å². The van der Waals surface area contributed by atoms with Gasteiger partial charge in [0.1, 0.15) is 5.75 Å². The molecule has 0 bridgehead atoms. The molecule has 1 unspecified atom stereocenters. The minimum absolute atomic E-state index is 0.234. The van der Waals surface area contributed by atoms with Gasteiger partial charge in [0.05, 0.1) is 12.5 Å². The Hall–Kier alpha value is -1.53. The van der Waals surface area contributed by atoms with Gasteiger partial charge in [0, 0.05) is 12.6 Å². The Balaban J connectivity index is 2.46. The monoisotopic (exact) mass is 204 g/mol. The second kappa shape index (κ2) is 6.05. The highest BCUT2D eigenvalue weighted by Gasteiger charge is 2.04. The zero-order valence-electron chi connectivity index (χ0n) is 8.90. The summed E-state index contributed by atoms with van der Waals surface area (Å²) in [7, 11) is 0.